The highest BCUT2D eigenvalue weighted by atomic mass is 14.0. The lowest BCUT2D eigenvalue weighted by Crippen LogP contribution is -1.93. The second-order valence-corrected chi connectivity index (χ2v) is 4.30. The van der Waals surface area contributed by atoms with E-state index < -0.39 is 0 Å². The van der Waals surface area contributed by atoms with Crippen molar-refractivity contribution in [3.63, 3.8) is 0 Å². The smallest absolute Gasteiger partial charge is 0.0236 e. The predicted molar refractivity (Wildman–Crippen MR) is 70.6 cm³/mol. The molecule has 0 N–H and O–H groups in total. The molecule has 0 aromatic heterocycles. The van der Waals surface area contributed by atoms with Gasteiger partial charge in [-0.3, -0.25) is 0 Å². The van der Waals surface area contributed by atoms with E-state index in [4.69, 9.17) is 0 Å². The lowest BCUT2D eigenvalue weighted by molar-refractivity contribution is 0.546. The zero-order valence-electron chi connectivity index (χ0n) is 10.5. The quantitative estimate of drug-likeness (QED) is 0.335. The molecule has 1 atom stereocenters. The van der Waals surface area contributed by atoms with Gasteiger partial charge < -0.3 is 0 Å². The van der Waals surface area contributed by atoms with Crippen molar-refractivity contribution in [2.45, 2.75) is 64.7 Å². The lowest BCUT2D eigenvalue weighted by atomic mass is 9.98. The summed E-state index contributed by atoms with van der Waals surface area (Å²) in [7, 11) is 0. The molecule has 0 spiro atoms. The Kier molecular flexibility index (Phi) is 11.6. The van der Waals surface area contributed by atoms with Crippen LogP contribution in [0.2, 0.25) is 0 Å². The minimum Gasteiger partial charge on any atom is -0.0883 e. The van der Waals surface area contributed by atoms with E-state index >= 15 is 0 Å². The highest BCUT2D eigenvalue weighted by Crippen LogP contribution is 2.14. The average Bonchev–Trinajstić information content (AvgIpc) is 2.27. The van der Waals surface area contributed by atoms with Crippen molar-refractivity contribution in [1.82, 2.24) is 0 Å². The first-order valence-corrected chi connectivity index (χ1v) is 6.60. The van der Waals surface area contributed by atoms with Gasteiger partial charge in [-0.05, 0) is 31.6 Å². The summed E-state index contributed by atoms with van der Waals surface area (Å²) in [5.41, 5.74) is 0. The van der Waals surface area contributed by atoms with Crippen LogP contribution >= 0.6 is 0 Å². The fraction of sp³-hybridized carbons (Fsp3) is 0.733. The molecule has 0 heterocycles. The highest BCUT2D eigenvalue weighted by Gasteiger charge is 1.99. The fourth-order valence-corrected chi connectivity index (χ4v) is 1.75. The molecule has 15 heavy (non-hydrogen) atoms. The van der Waals surface area contributed by atoms with Gasteiger partial charge in [0.05, 0.1) is 0 Å². The van der Waals surface area contributed by atoms with E-state index in [9.17, 15) is 0 Å². The molecule has 0 saturated heterocycles. The lowest BCUT2D eigenvalue weighted by Gasteiger charge is -2.08. The molecule has 0 heteroatoms. The van der Waals surface area contributed by atoms with Crippen molar-refractivity contribution in [2.75, 3.05) is 0 Å². The van der Waals surface area contributed by atoms with Crippen LogP contribution in [0.1, 0.15) is 64.7 Å². The standard InChI is InChI=1S/C15H28/c1-4-7-9-10-11-12-14-15(6-3)13-8-5-2/h12,14-15H,1-2,4-11,13H2,3H3. The van der Waals surface area contributed by atoms with Gasteiger partial charge in [-0.2, -0.15) is 0 Å². The molecule has 1 unspecified atom stereocenters. The molecular weight excluding hydrogens is 180 g/mol. The van der Waals surface area contributed by atoms with Gasteiger partial charge in [-0.1, -0.05) is 65.0 Å². The Hall–Kier alpha value is -0.260. The summed E-state index contributed by atoms with van der Waals surface area (Å²) in [6.07, 6.45) is 16.0. The zero-order valence-corrected chi connectivity index (χ0v) is 10.5. The van der Waals surface area contributed by atoms with Gasteiger partial charge in [-0.25, -0.2) is 0 Å². The van der Waals surface area contributed by atoms with Crippen molar-refractivity contribution in [2.24, 2.45) is 5.92 Å². The van der Waals surface area contributed by atoms with E-state index in [1.165, 1.54) is 44.9 Å². The summed E-state index contributed by atoms with van der Waals surface area (Å²) in [6, 6.07) is 0. The van der Waals surface area contributed by atoms with Crippen molar-refractivity contribution < 1.29 is 0 Å². The summed E-state index contributed by atoms with van der Waals surface area (Å²) in [5.74, 6) is 0.791. The van der Waals surface area contributed by atoms with Crippen LogP contribution in [0, 0.1) is 19.8 Å². The topological polar surface area (TPSA) is 0 Å². The van der Waals surface area contributed by atoms with Crippen LogP contribution in [0.15, 0.2) is 12.2 Å². The summed E-state index contributed by atoms with van der Waals surface area (Å²) in [6.45, 7) is 10.0. The molecule has 0 rings (SSSR count). The third kappa shape index (κ3) is 10.0. The number of hydrogen-bond acceptors (Lipinski definition) is 0. The zero-order chi connectivity index (χ0) is 11.4. The Balaban J connectivity index is 3.44. The van der Waals surface area contributed by atoms with Crippen LogP contribution in [0.4, 0.5) is 0 Å². The van der Waals surface area contributed by atoms with Gasteiger partial charge in [0.2, 0.25) is 0 Å². The Morgan fingerprint density at radius 2 is 1.73 bits per heavy atom. The molecule has 0 fully saturated rings. The molecule has 0 aliphatic carbocycles. The molecule has 0 aliphatic rings. The van der Waals surface area contributed by atoms with Gasteiger partial charge in [0.1, 0.15) is 0 Å². The first kappa shape index (κ1) is 14.7. The monoisotopic (exact) mass is 208 g/mol. The van der Waals surface area contributed by atoms with Crippen LogP contribution in [0.3, 0.4) is 0 Å². The van der Waals surface area contributed by atoms with E-state index in [0.717, 1.165) is 18.8 Å². The molecule has 0 aromatic carbocycles. The van der Waals surface area contributed by atoms with Crippen LogP contribution in [0.5, 0.6) is 0 Å². The van der Waals surface area contributed by atoms with Crippen molar-refractivity contribution >= 4 is 0 Å². The summed E-state index contributed by atoms with van der Waals surface area (Å²) >= 11 is 0. The van der Waals surface area contributed by atoms with Crippen LogP contribution in [-0.4, -0.2) is 0 Å². The highest BCUT2D eigenvalue weighted by molar-refractivity contribution is 4.87. The molecule has 2 radical (unpaired) electrons. The SMILES string of the molecule is [CH2]CCCCCC=CC(CC)CCC[CH2]. The molecule has 0 saturated carbocycles. The van der Waals surface area contributed by atoms with E-state index in [-0.39, 0.29) is 0 Å². The Labute approximate surface area is 97.2 Å². The Morgan fingerprint density at radius 3 is 2.33 bits per heavy atom. The van der Waals surface area contributed by atoms with Crippen molar-refractivity contribution in [1.29, 1.82) is 0 Å². The predicted octanol–water partition coefficient (Wildman–Crippen LogP) is 5.36. The van der Waals surface area contributed by atoms with Gasteiger partial charge in [0.25, 0.3) is 0 Å². The van der Waals surface area contributed by atoms with E-state index in [1.54, 1.807) is 0 Å². The van der Waals surface area contributed by atoms with Gasteiger partial charge >= 0.3 is 0 Å². The van der Waals surface area contributed by atoms with Crippen LogP contribution in [-0.2, 0) is 0 Å². The number of hydrogen-bond donors (Lipinski definition) is 0. The number of rotatable bonds is 10. The first-order chi connectivity index (χ1) is 7.35. The Morgan fingerprint density at radius 1 is 1.00 bits per heavy atom. The van der Waals surface area contributed by atoms with Crippen LogP contribution < -0.4 is 0 Å². The van der Waals surface area contributed by atoms with E-state index in [2.05, 4.69) is 32.9 Å². The van der Waals surface area contributed by atoms with Crippen molar-refractivity contribution in [3.8, 4) is 0 Å². The molecule has 88 valence electrons. The summed E-state index contributed by atoms with van der Waals surface area (Å²) in [5, 5.41) is 0. The second-order valence-electron chi connectivity index (χ2n) is 4.30. The maximum Gasteiger partial charge on any atom is -0.0236 e. The molecule has 0 aromatic rings. The Bertz CT molecular complexity index is 135. The normalized spacial score (nSPS) is 13.5. The van der Waals surface area contributed by atoms with Crippen molar-refractivity contribution in [3.05, 3.63) is 26.0 Å². The van der Waals surface area contributed by atoms with E-state index in [0.29, 0.717) is 0 Å². The molecule has 0 nitrogen and oxygen atoms in total. The summed E-state index contributed by atoms with van der Waals surface area (Å²) < 4.78 is 0. The second kappa shape index (κ2) is 11.8. The fourth-order valence-electron chi connectivity index (χ4n) is 1.75. The average molecular weight is 208 g/mol. The number of unbranched alkanes of at least 4 members (excludes halogenated alkanes) is 5. The van der Waals surface area contributed by atoms with Gasteiger partial charge in [0, 0.05) is 0 Å². The van der Waals surface area contributed by atoms with Gasteiger partial charge in [0.15, 0.2) is 0 Å². The number of allylic oxidation sites excluding steroid dienone is 2. The minimum atomic E-state index is 0.791. The molecule has 0 aliphatic heterocycles. The molecule has 0 bridgehead atoms. The maximum atomic E-state index is 3.89. The molecule has 0 amide bonds. The molecular formula is C15H28. The largest absolute Gasteiger partial charge is 0.0883 e. The van der Waals surface area contributed by atoms with Gasteiger partial charge in [-0.15, -0.1) is 0 Å². The maximum absolute atomic E-state index is 3.89. The van der Waals surface area contributed by atoms with Crippen LogP contribution in [0.25, 0.3) is 0 Å². The van der Waals surface area contributed by atoms with E-state index in [1.807, 2.05) is 0 Å². The minimum absolute atomic E-state index is 0.791. The third-order valence-corrected chi connectivity index (χ3v) is 2.88. The summed E-state index contributed by atoms with van der Waals surface area (Å²) in [4.78, 5) is 0. The third-order valence-electron chi connectivity index (χ3n) is 2.88. The first-order valence-electron chi connectivity index (χ1n) is 6.60.